The molecule has 0 saturated heterocycles. The highest BCUT2D eigenvalue weighted by Gasteiger charge is 2.05. The van der Waals surface area contributed by atoms with Gasteiger partial charge in [0.25, 0.3) is 5.91 Å². The van der Waals surface area contributed by atoms with Crippen molar-refractivity contribution in [2.45, 2.75) is 13.8 Å². The molecular weight excluding hydrogens is 394 g/mol. The highest BCUT2D eigenvalue weighted by molar-refractivity contribution is 5.88. The number of aryl methyl sites for hydroxylation is 2. The largest absolute Gasteiger partial charge is 0.465 e. The van der Waals surface area contributed by atoms with Crippen molar-refractivity contribution in [2.75, 3.05) is 11.9 Å². The number of carbonyl (C=O) groups is 2. The maximum absolute atomic E-state index is 12.0. The highest BCUT2D eigenvalue weighted by atomic mass is 16.5. The van der Waals surface area contributed by atoms with E-state index in [0.717, 1.165) is 22.4 Å². The van der Waals surface area contributed by atoms with Crippen LogP contribution in [0.5, 0.6) is 5.75 Å². The van der Waals surface area contributed by atoms with Crippen molar-refractivity contribution in [1.29, 1.82) is 0 Å². The Morgan fingerprint density at radius 2 is 1.77 bits per heavy atom. The maximum atomic E-state index is 12.0. The number of benzene rings is 2. The number of nitrogens with one attached hydrogen (secondary N) is 2. The van der Waals surface area contributed by atoms with E-state index < -0.39 is 5.97 Å². The molecule has 0 radical (unpaired) electrons. The summed E-state index contributed by atoms with van der Waals surface area (Å²) < 4.78 is 10.3. The third-order valence-electron chi connectivity index (χ3n) is 4.34. The van der Waals surface area contributed by atoms with Gasteiger partial charge in [0.15, 0.2) is 0 Å². The molecule has 0 saturated carbocycles. The first-order valence-corrected chi connectivity index (χ1v) is 9.67. The predicted molar refractivity (Wildman–Crippen MR) is 120 cm³/mol. The van der Waals surface area contributed by atoms with Crippen LogP contribution >= 0.6 is 0 Å². The lowest BCUT2D eigenvalue weighted by atomic mass is 10.1. The number of hydrogen-bond donors (Lipinski definition) is 2. The highest BCUT2D eigenvalue weighted by Crippen LogP contribution is 2.18. The van der Waals surface area contributed by atoms with Crippen LogP contribution in [0.15, 0.2) is 76.5 Å². The van der Waals surface area contributed by atoms with E-state index in [0.29, 0.717) is 11.5 Å². The summed E-state index contributed by atoms with van der Waals surface area (Å²) in [5.74, 6) is 0.192. The van der Waals surface area contributed by atoms with Crippen LogP contribution in [-0.4, -0.2) is 24.6 Å². The van der Waals surface area contributed by atoms with Crippen LogP contribution in [0.3, 0.4) is 0 Å². The lowest BCUT2D eigenvalue weighted by molar-refractivity contribution is -0.129. The van der Waals surface area contributed by atoms with Gasteiger partial charge in [0, 0.05) is 11.8 Å². The van der Waals surface area contributed by atoms with Crippen molar-refractivity contribution in [3.05, 3.63) is 89.4 Å². The number of para-hydroxylation sites is 1. The molecule has 0 bridgehead atoms. The zero-order valence-corrected chi connectivity index (χ0v) is 17.3. The van der Waals surface area contributed by atoms with Crippen LogP contribution in [0.1, 0.15) is 22.5 Å². The quantitative estimate of drug-likeness (QED) is 0.189. The second-order valence-electron chi connectivity index (χ2n) is 6.75. The summed E-state index contributed by atoms with van der Waals surface area (Å²) >= 11 is 0. The monoisotopic (exact) mass is 417 g/mol. The van der Waals surface area contributed by atoms with E-state index >= 15 is 0 Å². The van der Waals surface area contributed by atoms with Crippen molar-refractivity contribution in [3.63, 3.8) is 0 Å². The van der Waals surface area contributed by atoms with E-state index in [4.69, 9.17) is 9.15 Å². The minimum absolute atomic E-state index is 0.115. The van der Waals surface area contributed by atoms with Gasteiger partial charge in [-0.1, -0.05) is 18.2 Å². The first kappa shape index (κ1) is 21.6. The molecule has 1 heterocycles. The van der Waals surface area contributed by atoms with Gasteiger partial charge in [-0.2, -0.15) is 5.10 Å². The summed E-state index contributed by atoms with van der Waals surface area (Å²) in [5.41, 5.74) is 6.33. The standard InChI is InChI=1S/C24H23N3O4/c1-17-5-3-6-18(2)24(17)25-16-22(28)27-26-15-19-8-10-21(11-9-19)31-23(29)13-12-20-7-4-14-30-20/h3-15,25H,16H2,1-2H3,(H,27,28)/b13-12+,26-15?. The summed E-state index contributed by atoms with van der Waals surface area (Å²) in [7, 11) is 0. The van der Waals surface area contributed by atoms with Gasteiger partial charge in [0.1, 0.15) is 11.5 Å². The Morgan fingerprint density at radius 1 is 1.03 bits per heavy atom. The molecule has 3 aromatic rings. The molecule has 0 spiro atoms. The summed E-state index contributed by atoms with van der Waals surface area (Å²) in [4.78, 5) is 23.8. The number of nitrogens with zero attached hydrogens (tertiary/aromatic N) is 1. The third kappa shape index (κ3) is 6.71. The third-order valence-corrected chi connectivity index (χ3v) is 4.34. The van der Waals surface area contributed by atoms with E-state index in [1.807, 2.05) is 32.0 Å². The van der Waals surface area contributed by atoms with Crippen LogP contribution in [-0.2, 0) is 9.59 Å². The number of rotatable bonds is 8. The molecule has 3 rings (SSSR count). The minimum Gasteiger partial charge on any atom is -0.465 e. The molecule has 0 aliphatic heterocycles. The van der Waals surface area contributed by atoms with Crippen molar-refractivity contribution >= 4 is 29.9 Å². The molecule has 7 nitrogen and oxygen atoms in total. The molecule has 1 amide bonds. The molecule has 0 aliphatic rings. The Hall–Kier alpha value is -4.13. The smallest absolute Gasteiger partial charge is 0.336 e. The van der Waals surface area contributed by atoms with Crippen molar-refractivity contribution in [2.24, 2.45) is 5.10 Å². The summed E-state index contributed by atoms with van der Waals surface area (Å²) in [5, 5.41) is 7.08. The average Bonchev–Trinajstić information content (AvgIpc) is 3.27. The fourth-order valence-corrected chi connectivity index (χ4v) is 2.79. The van der Waals surface area contributed by atoms with Crippen LogP contribution < -0.4 is 15.5 Å². The molecule has 1 aromatic heterocycles. The first-order valence-electron chi connectivity index (χ1n) is 9.67. The van der Waals surface area contributed by atoms with E-state index in [1.54, 1.807) is 36.4 Å². The lowest BCUT2D eigenvalue weighted by Crippen LogP contribution is -2.26. The second-order valence-corrected chi connectivity index (χ2v) is 6.75. The van der Waals surface area contributed by atoms with Gasteiger partial charge >= 0.3 is 5.97 Å². The van der Waals surface area contributed by atoms with Gasteiger partial charge in [-0.25, -0.2) is 10.2 Å². The number of anilines is 1. The maximum Gasteiger partial charge on any atom is 0.336 e. The van der Waals surface area contributed by atoms with Gasteiger partial charge in [-0.15, -0.1) is 0 Å². The molecule has 31 heavy (non-hydrogen) atoms. The Balaban J connectivity index is 1.44. The van der Waals surface area contributed by atoms with Crippen LogP contribution in [0.4, 0.5) is 5.69 Å². The van der Waals surface area contributed by atoms with E-state index in [9.17, 15) is 9.59 Å². The van der Waals surface area contributed by atoms with Gasteiger partial charge < -0.3 is 14.5 Å². The lowest BCUT2D eigenvalue weighted by Gasteiger charge is -2.11. The number of esters is 1. The zero-order valence-electron chi connectivity index (χ0n) is 17.3. The number of amides is 1. The normalized spacial score (nSPS) is 11.0. The Labute approximate surface area is 180 Å². The number of carbonyl (C=O) groups excluding carboxylic acids is 2. The number of furan rings is 1. The predicted octanol–water partition coefficient (Wildman–Crippen LogP) is 4.08. The number of hydrazone groups is 1. The van der Waals surface area contributed by atoms with E-state index in [1.165, 1.54) is 24.6 Å². The molecule has 0 fully saturated rings. The summed E-state index contributed by atoms with van der Waals surface area (Å²) in [6.07, 6.45) is 5.85. The molecule has 0 atom stereocenters. The van der Waals surface area contributed by atoms with Gasteiger partial charge in [0.05, 0.1) is 19.0 Å². The van der Waals surface area contributed by atoms with E-state index in [2.05, 4.69) is 15.8 Å². The van der Waals surface area contributed by atoms with Crippen molar-refractivity contribution in [1.82, 2.24) is 5.43 Å². The Kier molecular flexibility index (Phi) is 7.37. The molecule has 2 aromatic carbocycles. The van der Waals surface area contributed by atoms with Crippen molar-refractivity contribution < 1.29 is 18.7 Å². The molecule has 7 heteroatoms. The van der Waals surface area contributed by atoms with Gasteiger partial charge in [-0.3, -0.25) is 4.79 Å². The van der Waals surface area contributed by atoms with Crippen LogP contribution in [0, 0.1) is 13.8 Å². The van der Waals surface area contributed by atoms with Gasteiger partial charge in [0.2, 0.25) is 0 Å². The molecular formula is C24H23N3O4. The first-order chi connectivity index (χ1) is 15.0. The fourth-order valence-electron chi connectivity index (χ4n) is 2.79. The van der Waals surface area contributed by atoms with Gasteiger partial charge in [-0.05, 0) is 73.0 Å². The fraction of sp³-hybridized carbons (Fsp3) is 0.125. The summed E-state index contributed by atoms with van der Waals surface area (Å²) in [6.45, 7) is 4.09. The topological polar surface area (TPSA) is 92.9 Å². The molecule has 158 valence electrons. The number of ether oxygens (including phenoxy) is 1. The minimum atomic E-state index is -0.513. The van der Waals surface area contributed by atoms with E-state index in [-0.39, 0.29) is 12.5 Å². The molecule has 2 N–H and O–H groups in total. The van der Waals surface area contributed by atoms with Crippen LogP contribution in [0.2, 0.25) is 0 Å². The molecule has 0 aliphatic carbocycles. The second kappa shape index (κ2) is 10.6. The Bertz CT molecular complexity index is 1060. The molecule has 0 unspecified atom stereocenters. The summed E-state index contributed by atoms with van der Waals surface area (Å²) in [6, 6.07) is 16.2. The van der Waals surface area contributed by atoms with Crippen molar-refractivity contribution in [3.8, 4) is 5.75 Å². The van der Waals surface area contributed by atoms with Crippen LogP contribution in [0.25, 0.3) is 6.08 Å². The number of hydrogen-bond acceptors (Lipinski definition) is 6. The zero-order chi connectivity index (χ0) is 22.1. The SMILES string of the molecule is Cc1cccc(C)c1NCC(=O)NN=Cc1ccc(OC(=O)/C=C/c2ccco2)cc1. The average molecular weight is 417 g/mol. The Morgan fingerprint density at radius 3 is 2.45 bits per heavy atom.